The van der Waals surface area contributed by atoms with Crippen LogP contribution < -0.4 is 0 Å². The highest BCUT2D eigenvalue weighted by Crippen LogP contribution is 2.49. The van der Waals surface area contributed by atoms with Crippen molar-refractivity contribution in [2.45, 2.75) is 356 Å². The van der Waals surface area contributed by atoms with Crippen LogP contribution in [0.1, 0.15) is 252 Å². The van der Waals surface area contributed by atoms with Crippen molar-refractivity contribution in [1.82, 2.24) is 0 Å². The average Bonchev–Trinajstić information content (AvgIpc) is 0.766. The first-order chi connectivity index (χ1) is 45.3. The number of carbonyl (C=O) groups excluding carboxylic acids is 3. The Morgan fingerprint density at radius 2 is 0.830 bits per heavy atom. The molecule has 94 heavy (non-hydrogen) atoms. The lowest BCUT2D eigenvalue weighted by Crippen LogP contribution is -2.69. The van der Waals surface area contributed by atoms with E-state index in [4.69, 9.17) is 42.2 Å². The fourth-order valence-electron chi connectivity index (χ4n) is 11.6. The van der Waals surface area contributed by atoms with E-state index in [1.54, 1.807) is 6.08 Å². The van der Waals surface area contributed by atoms with Gasteiger partial charge in [0.2, 0.25) is 0 Å². The summed E-state index contributed by atoms with van der Waals surface area (Å²) in [4.78, 5) is 50.7. The number of phosphoric ester groups is 1. The normalized spacial score (nSPS) is 28.5. The summed E-state index contributed by atoms with van der Waals surface area (Å²) in [5.74, 6) is -2.25. The fraction of sp³-hybridized carbons (Fsp3) is 0.870. The highest BCUT2D eigenvalue weighted by molar-refractivity contribution is 7.47. The van der Waals surface area contributed by atoms with E-state index < -0.39 is 156 Å². The van der Waals surface area contributed by atoms with Gasteiger partial charge in [-0.3, -0.25) is 18.6 Å². The highest BCUT2D eigenvalue weighted by atomic mass is 31.2. The van der Waals surface area contributed by atoms with Gasteiger partial charge in [-0.15, -0.1) is 0 Å². The first kappa shape index (κ1) is 85.4. The van der Waals surface area contributed by atoms with Crippen molar-refractivity contribution in [1.29, 1.82) is 0 Å². The third-order valence-corrected chi connectivity index (χ3v) is 18.5. The number of allylic oxidation sites excluding steroid dienone is 5. The molecule has 11 N–H and O–H groups in total. The van der Waals surface area contributed by atoms with Crippen LogP contribution in [0.5, 0.6) is 0 Å². The summed E-state index contributed by atoms with van der Waals surface area (Å²) in [5.41, 5.74) is 0. The quantitative estimate of drug-likeness (QED) is 0.00515. The van der Waals surface area contributed by atoms with Gasteiger partial charge >= 0.3 is 25.7 Å². The predicted octanol–water partition coefficient (Wildman–Crippen LogP) is 8.73. The third-order valence-electron chi connectivity index (χ3n) is 17.5. The van der Waals surface area contributed by atoms with E-state index >= 15 is 0 Å². The van der Waals surface area contributed by atoms with Crippen LogP contribution in [-0.4, -0.2) is 204 Å². The van der Waals surface area contributed by atoms with E-state index in [0.29, 0.717) is 19.3 Å². The van der Waals surface area contributed by atoms with Gasteiger partial charge in [-0.1, -0.05) is 218 Å². The Kier molecular flexibility index (Phi) is 46.7. The van der Waals surface area contributed by atoms with Crippen LogP contribution in [0.4, 0.5) is 0 Å². The molecule has 3 rings (SSSR count). The van der Waals surface area contributed by atoms with E-state index in [2.05, 4.69) is 32.9 Å². The fourth-order valence-corrected chi connectivity index (χ4v) is 12.6. The number of hydrogen-bond acceptors (Lipinski definition) is 23. The Balaban J connectivity index is 1.77. The molecule has 2 heterocycles. The number of carbonyl (C=O) groups is 3. The van der Waals surface area contributed by atoms with E-state index in [1.807, 2.05) is 6.08 Å². The Labute approximate surface area is 559 Å². The standard InChI is InChI=1S/C69H123O24P/c1-4-7-10-13-16-19-22-24-25-27-29-32-35-38-41-44-54(72)86-49-52-57(75)59(77)64(82)69(90-52)92-66-62(80)60(78)61(79)65(91-68-63(81)58(76)56(74)51(46-70)89-68)67(66)93-94(83,84)87-48-50(47-85-53(71)43-40-37-34-31-28-21-18-15-12-9-6-3)88-55(73)45-42-39-36-33-30-26-23-20-17-14-11-8-5-2/h26,30,35,38,41,44,50-52,56-70,74-82H,4-25,27-29,31-34,36-37,39-40,42-43,45-49H2,1-3H3,(H,83,84)/b30-26-,38-35+,44-41+. The Morgan fingerprint density at radius 1 is 0.436 bits per heavy atom. The molecule has 0 spiro atoms. The zero-order valence-electron chi connectivity index (χ0n) is 56.7. The topological polar surface area (TPSA) is 374 Å². The monoisotopic (exact) mass is 1370 g/mol. The smallest absolute Gasteiger partial charge is 0.462 e. The number of aliphatic hydroxyl groups excluding tert-OH is 10. The van der Waals surface area contributed by atoms with E-state index in [1.165, 1.54) is 122 Å². The van der Waals surface area contributed by atoms with E-state index in [0.717, 1.165) is 89.5 Å². The molecule has 3 aliphatic rings. The zero-order chi connectivity index (χ0) is 68.9. The first-order valence-electron chi connectivity index (χ1n) is 35.8. The Morgan fingerprint density at radius 3 is 1.30 bits per heavy atom. The van der Waals surface area contributed by atoms with Crippen LogP contribution in [0.3, 0.4) is 0 Å². The molecule has 3 fully saturated rings. The van der Waals surface area contributed by atoms with Crippen molar-refractivity contribution in [2.75, 3.05) is 26.4 Å². The Bertz CT molecular complexity index is 2100. The summed E-state index contributed by atoms with van der Waals surface area (Å²) >= 11 is 0. The van der Waals surface area contributed by atoms with Crippen LogP contribution in [-0.2, 0) is 61.2 Å². The molecule has 0 radical (unpaired) electrons. The molecular formula is C69H123O24P. The maximum Gasteiger partial charge on any atom is 0.472 e. The summed E-state index contributed by atoms with van der Waals surface area (Å²) in [7, 11) is -5.70. The summed E-state index contributed by atoms with van der Waals surface area (Å²) in [6, 6.07) is 0. The molecule has 1 saturated carbocycles. The minimum Gasteiger partial charge on any atom is -0.462 e. The van der Waals surface area contributed by atoms with Crippen molar-refractivity contribution < 1.29 is 117 Å². The minimum absolute atomic E-state index is 0.0407. The molecule has 548 valence electrons. The summed E-state index contributed by atoms with van der Waals surface area (Å²) in [5, 5.41) is 110. The summed E-state index contributed by atoms with van der Waals surface area (Å²) in [6.07, 6.45) is 11.6. The van der Waals surface area contributed by atoms with Crippen molar-refractivity contribution in [3.63, 3.8) is 0 Å². The predicted molar refractivity (Wildman–Crippen MR) is 351 cm³/mol. The molecule has 0 amide bonds. The minimum atomic E-state index is -5.70. The zero-order valence-corrected chi connectivity index (χ0v) is 57.6. The van der Waals surface area contributed by atoms with Gasteiger partial charge in [0.25, 0.3) is 0 Å². The van der Waals surface area contributed by atoms with Gasteiger partial charge in [0.15, 0.2) is 18.7 Å². The van der Waals surface area contributed by atoms with Crippen LogP contribution in [0.15, 0.2) is 36.5 Å². The molecule has 2 aliphatic heterocycles. The number of hydrogen-bond donors (Lipinski definition) is 11. The van der Waals surface area contributed by atoms with Crippen molar-refractivity contribution in [3.8, 4) is 0 Å². The number of ether oxygens (including phenoxy) is 7. The molecule has 0 aromatic heterocycles. The van der Waals surface area contributed by atoms with Gasteiger partial charge in [0.1, 0.15) is 98.7 Å². The molecule has 2 saturated heterocycles. The molecule has 0 aromatic carbocycles. The molecular weight excluding hydrogens is 1240 g/mol. The third kappa shape index (κ3) is 34.8. The molecule has 18 unspecified atom stereocenters. The van der Waals surface area contributed by atoms with Crippen LogP contribution in [0, 0.1) is 0 Å². The van der Waals surface area contributed by atoms with E-state index in [9.17, 15) is 74.9 Å². The lowest BCUT2D eigenvalue weighted by atomic mass is 9.84. The number of aliphatic hydroxyl groups is 10. The summed E-state index contributed by atoms with van der Waals surface area (Å²) in [6.45, 7) is 3.29. The number of rotatable bonds is 54. The van der Waals surface area contributed by atoms with Gasteiger partial charge in [-0.2, -0.15) is 0 Å². The molecule has 25 heteroatoms. The second-order valence-electron chi connectivity index (χ2n) is 25.7. The first-order valence-corrected chi connectivity index (χ1v) is 37.3. The molecule has 0 bridgehead atoms. The van der Waals surface area contributed by atoms with Crippen molar-refractivity contribution in [3.05, 3.63) is 36.5 Å². The number of unbranched alkanes of at least 4 members (excludes halogenated alkanes) is 30. The van der Waals surface area contributed by atoms with Gasteiger partial charge in [0, 0.05) is 18.9 Å². The summed E-state index contributed by atoms with van der Waals surface area (Å²) < 4.78 is 64.6. The van der Waals surface area contributed by atoms with Gasteiger partial charge in [-0.05, 0) is 51.4 Å². The van der Waals surface area contributed by atoms with Gasteiger partial charge < -0.3 is 89.1 Å². The van der Waals surface area contributed by atoms with E-state index in [-0.39, 0.29) is 12.8 Å². The van der Waals surface area contributed by atoms with Crippen LogP contribution in [0.2, 0.25) is 0 Å². The maximum absolute atomic E-state index is 14.3. The second-order valence-corrected chi connectivity index (χ2v) is 27.1. The van der Waals surface area contributed by atoms with Gasteiger partial charge in [-0.25, -0.2) is 9.36 Å². The van der Waals surface area contributed by atoms with Crippen molar-refractivity contribution >= 4 is 25.7 Å². The van der Waals surface area contributed by atoms with Crippen LogP contribution >= 0.6 is 7.82 Å². The number of esters is 3. The second kappa shape index (κ2) is 51.4. The molecule has 1 aliphatic carbocycles. The Hall–Kier alpha value is -2.82. The van der Waals surface area contributed by atoms with Gasteiger partial charge in [0.05, 0.1) is 13.2 Å². The lowest BCUT2D eigenvalue weighted by molar-refractivity contribution is -0.360. The molecule has 24 nitrogen and oxygen atoms in total. The highest BCUT2D eigenvalue weighted by Gasteiger charge is 2.58. The molecule has 18 atom stereocenters. The SMILES string of the molecule is CCCCCCCC/C=C\CCCCCC(=O)OC(COC(=O)CCCCCCCCCCCCC)COP(=O)(O)OC1C(OC2OC(CO)C(O)C(O)C2O)C(O)C(O)C(O)C1OC1OC(COC(=O)/C=C/C=C/CCCCCCCCCCCCC)C(O)C(O)C1O. The maximum atomic E-state index is 14.3. The van der Waals surface area contributed by atoms with Crippen molar-refractivity contribution in [2.24, 2.45) is 0 Å². The molecule has 0 aromatic rings. The number of phosphoric acid groups is 1. The lowest BCUT2D eigenvalue weighted by Gasteiger charge is -2.49. The largest absolute Gasteiger partial charge is 0.472 e. The van der Waals surface area contributed by atoms with Crippen LogP contribution in [0.25, 0.3) is 0 Å². The average molecular weight is 1370 g/mol.